The molecular weight excluding hydrogens is 194 g/mol. The van der Waals surface area contributed by atoms with Crippen LogP contribution in [0.2, 0.25) is 0 Å². The standard InChI is InChI=1S/C11H19NOS/c1-9-6-5-7-10(8-9)12-14(13)11(2,3)4/h8H,5-7H2,1-4H3/b12-10-/t14-/m1/s1. The Bertz CT molecular complexity index is 297. The number of rotatable bonds is 1. The molecule has 0 radical (unpaired) electrons. The quantitative estimate of drug-likeness (QED) is 0.658. The van der Waals surface area contributed by atoms with Gasteiger partial charge in [-0.1, -0.05) is 5.57 Å². The van der Waals surface area contributed by atoms with Crippen molar-refractivity contribution in [2.45, 2.75) is 51.7 Å². The maximum absolute atomic E-state index is 11.7. The molecule has 0 aliphatic heterocycles. The lowest BCUT2D eigenvalue weighted by Crippen LogP contribution is -2.21. The Balaban J connectivity index is 2.79. The van der Waals surface area contributed by atoms with Crippen molar-refractivity contribution in [1.29, 1.82) is 0 Å². The molecule has 1 atom stereocenters. The van der Waals surface area contributed by atoms with Gasteiger partial charge in [0.1, 0.15) is 11.0 Å². The minimum absolute atomic E-state index is 0.244. The first-order valence-corrected chi connectivity index (χ1v) is 6.17. The SMILES string of the molecule is CC1=C/C(=N\[S@](=O)C(C)(C)C)CCC1. The molecule has 0 saturated carbocycles. The molecule has 0 fully saturated rings. The lowest BCUT2D eigenvalue weighted by molar-refractivity contribution is 0.650. The Kier molecular flexibility index (Phi) is 3.65. The van der Waals surface area contributed by atoms with Gasteiger partial charge in [0.05, 0.1) is 10.5 Å². The van der Waals surface area contributed by atoms with Gasteiger partial charge in [-0.25, -0.2) is 4.21 Å². The molecule has 0 aromatic carbocycles. The van der Waals surface area contributed by atoms with Crippen molar-refractivity contribution < 1.29 is 4.21 Å². The van der Waals surface area contributed by atoms with Crippen LogP contribution in [0.1, 0.15) is 47.0 Å². The van der Waals surface area contributed by atoms with Crippen LogP contribution in [0.3, 0.4) is 0 Å². The van der Waals surface area contributed by atoms with Gasteiger partial charge < -0.3 is 0 Å². The largest absolute Gasteiger partial charge is 0.234 e. The zero-order valence-corrected chi connectivity index (χ0v) is 10.3. The van der Waals surface area contributed by atoms with Gasteiger partial charge >= 0.3 is 0 Å². The molecule has 0 aromatic rings. The first-order valence-electron chi connectivity index (χ1n) is 5.06. The lowest BCUT2D eigenvalue weighted by Gasteiger charge is -2.16. The molecule has 0 unspecified atom stereocenters. The summed E-state index contributed by atoms with van der Waals surface area (Å²) in [5.41, 5.74) is 2.35. The van der Waals surface area contributed by atoms with Gasteiger partial charge in [0.25, 0.3) is 0 Å². The number of allylic oxidation sites excluding steroid dienone is 2. The summed E-state index contributed by atoms with van der Waals surface area (Å²) in [6.07, 6.45) is 5.34. The maximum Gasteiger partial charge on any atom is 0.145 e. The molecule has 0 N–H and O–H groups in total. The predicted molar refractivity (Wildman–Crippen MR) is 62.9 cm³/mol. The highest BCUT2D eigenvalue weighted by Crippen LogP contribution is 2.18. The summed E-state index contributed by atoms with van der Waals surface area (Å²) in [7, 11) is -1.11. The molecule has 0 spiro atoms. The van der Waals surface area contributed by atoms with Crippen molar-refractivity contribution in [2.75, 3.05) is 0 Å². The molecule has 0 amide bonds. The highest BCUT2D eigenvalue weighted by Gasteiger charge is 2.19. The van der Waals surface area contributed by atoms with Crippen molar-refractivity contribution in [2.24, 2.45) is 4.40 Å². The first-order chi connectivity index (χ1) is 6.39. The van der Waals surface area contributed by atoms with Crippen molar-refractivity contribution in [3.05, 3.63) is 11.6 Å². The molecule has 0 bridgehead atoms. The van der Waals surface area contributed by atoms with E-state index in [1.807, 2.05) is 20.8 Å². The van der Waals surface area contributed by atoms with Crippen molar-refractivity contribution in [1.82, 2.24) is 0 Å². The molecule has 0 aromatic heterocycles. The minimum atomic E-state index is -1.11. The van der Waals surface area contributed by atoms with Crippen LogP contribution >= 0.6 is 0 Å². The fourth-order valence-corrected chi connectivity index (χ4v) is 1.92. The second-order valence-electron chi connectivity index (χ2n) is 4.79. The van der Waals surface area contributed by atoms with E-state index in [1.165, 1.54) is 5.57 Å². The van der Waals surface area contributed by atoms with Crippen LogP contribution in [0.4, 0.5) is 0 Å². The molecule has 3 heteroatoms. The minimum Gasteiger partial charge on any atom is -0.234 e. The Morgan fingerprint density at radius 1 is 1.36 bits per heavy atom. The van der Waals surface area contributed by atoms with E-state index in [4.69, 9.17) is 0 Å². The number of hydrogen-bond donors (Lipinski definition) is 0. The van der Waals surface area contributed by atoms with Crippen LogP contribution in [0, 0.1) is 0 Å². The van der Waals surface area contributed by atoms with Crippen LogP contribution in [0.5, 0.6) is 0 Å². The third kappa shape index (κ3) is 3.37. The normalized spacial score (nSPS) is 23.4. The average Bonchev–Trinajstić information content (AvgIpc) is 2.02. The Morgan fingerprint density at radius 2 is 2.00 bits per heavy atom. The van der Waals surface area contributed by atoms with Gasteiger partial charge in [0.2, 0.25) is 0 Å². The van der Waals surface area contributed by atoms with Crippen LogP contribution in [0.25, 0.3) is 0 Å². The molecule has 2 nitrogen and oxygen atoms in total. The lowest BCUT2D eigenvalue weighted by atomic mass is 10.00. The molecule has 1 aliphatic carbocycles. The summed E-state index contributed by atoms with van der Waals surface area (Å²) in [4.78, 5) is 0. The van der Waals surface area contributed by atoms with E-state index >= 15 is 0 Å². The molecule has 0 heterocycles. The first kappa shape index (κ1) is 11.6. The highest BCUT2D eigenvalue weighted by atomic mass is 32.2. The smallest absolute Gasteiger partial charge is 0.145 e. The van der Waals surface area contributed by atoms with Gasteiger partial charge in [-0.15, -0.1) is 0 Å². The van der Waals surface area contributed by atoms with E-state index in [2.05, 4.69) is 17.4 Å². The Hall–Kier alpha value is -0.440. The van der Waals surface area contributed by atoms with Gasteiger partial charge in [-0.05, 0) is 53.0 Å². The summed E-state index contributed by atoms with van der Waals surface area (Å²) in [6.45, 7) is 7.96. The second kappa shape index (κ2) is 4.39. The van der Waals surface area contributed by atoms with Crippen LogP contribution in [0.15, 0.2) is 16.0 Å². The van der Waals surface area contributed by atoms with E-state index in [1.54, 1.807) is 0 Å². The van der Waals surface area contributed by atoms with E-state index in [-0.39, 0.29) is 4.75 Å². The van der Waals surface area contributed by atoms with E-state index in [0.29, 0.717) is 0 Å². The maximum atomic E-state index is 11.7. The average molecular weight is 213 g/mol. The Labute approximate surface area is 89.1 Å². The molecule has 14 heavy (non-hydrogen) atoms. The zero-order chi connectivity index (χ0) is 10.8. The fraction of sp³-hybridized carbons (Fsp3) is 0.727. The summed E-state index contributed by atoms with van der Waals surface area (Å²) in [5.74, 6) is 0. The van der Waals surface area contributed by atoms with E-state index in [9.17, 15) is 4.21 Å². The van der Waals surface area contributed by atoms with Gasteiger partial charge in [0, 0.05) is 0 Å². The third-order valence-corrected chi connectivity index (χ3v) is 3.59. The summed E-state index contributed by atoms with van der Waals surface area (Å²) >= 11 is 0. The zero-order valence-electron chi connectivity index (χ0n) is 9.46. The van der Waals surface area contributed by atoms with Gasteiger partial charge in [-0.3, -0.25) is 0 Å². The number of nitrogens with zero attached hydrogens (tertiary/aromatic N) is 1. The predicted octanol–water partition coefficient (Wildman–Crippen LogP) is 3.02. The third-order valence-electron chi connectivity index (χ3n) is 2.14. The van der Waals surface area contributed by atoms with Crippen molar-refractivity contribution in [3.63, 3.8) is 0 Å². The van der Waals surface area contributed by atoms with E-state index in [0.717, 1.165) is 25.0 Å². The highest BCUT2D eigenvalue weighted by molar-refractivity contribution is 7.85. The van der Waals surface area contributed by atoms with E-state index < -0.39 is 11.0 Å². The molecular formula is C11H19NOS. The van der Waals surface area contributed by atoms with Crippen LogP contribution in [-0.2, 0) is 11.0 Å². The molecule has 1 aliphatic rings. The van der Waals surface area contributed by atoms with Crippen molar-refractivity contribution in [3.8, 4) is 0 Å². The fourth-order valence-electron chi connectivity index (χ4n) is 1.29. The number of hydrogen-bond acceptors (Lipinski definition) is 1. The van der Waals surface area contributed by atoms with Crippen LogP contribution < -0.4 is 0 Å². The molecule has 0 saturated heterocycles. The topological polar surface area (TPSA) is 29.4 Å². The Morgan fingerprint density at radius 3 is 2.50 bits per heavy atom. The van der Waals surface area contributed by atoms with Gasteiger partial charge in [0.15, 0.2) is 0 Å². The monoisotopic (exact) mass is 213 g/mol. The second-order valence-corrected chi connectivity index (χ2v) is 6.69. The molecule has 1 rings (SSSR count). The van der Waals surface area contributed by atoms with Gasteiger partial charge in [-0.2, -0.15) is 4.40 Å². The summed E-state index contributed by atoms with van der Waals surface area (Å²) in [5, 5.41) is 0. The summed E-state index contributed by atoms with van der Waals surface area (Å²) < 4.78 is 15.8. The summed E-state index contributed by atoms with van der Waals surface area (Å²) in [6, 6.07) is 0. The molecule has 80 valence electrons. The van der Waals surface area contributed by atoms with Crippen molar-refractivity contribution >= 4 is 16.7 Å². The van der Waals surface area contributed by atoms with Crippen LogP contribution in [-0.4, -0.2) is 14.7 Å².